The molecule has 0 saturated heterocycles. The second kappa shape index (κ2) is 7.16. The van der Waals surface area contributed by atoms with Crippen molar-refractivity contribution >= 4 is 5.97 Å². The summed E-state index contributed by atoms with van der Waals surface area (Å²) in [5.41, 5.74) is 0. The first-order valence-corrected chi connectivity index (χ1v) is 6.50. The average Bonchev–Trinajstić information content (AvgIpc) is 2.71. The number of carboxylic acids is 1. The third-order valence-corrected chi connectivity index (χ3v) is 2.78. The minimum Gasteiger partial charge on any atom is -0.480 e. The van der Waals surface area contributed by atoms with Crippen LogP contribution in [0.25, 0.3) is 0 Å². The summed E-state index contributed by atoms with van der Waals surface area (Å²) in [6.07, 6.45) is 5.35. The number of carbonyl (C=O) groups is 1. The van der Waals surface area contributed by atoms with Crippen molar-refractivity contribution in [3.63, 3.8) is 0 Å². The quantitative estimate of drug-likeness (QED) is 0.742. The Labute approximate surface area is 108 Å². The normalized spacial score (nSPS) is 12.9. The zero-order chi connectivity index (χ0) is 13.5. The van der Waals surface area contributed by atoms with Gasteiger partial charge in [-0.25, -0.2) is 4.98 Å². The Morgan fingerprint density at radius 2 is 2.28 bits per heavy atom. The summed E-state index contributed by atoms with van der Waals surface area (Å²) in [6.45, 7) is 7.57. The van der Waals surface area contributed by atoms with Crippen molar-refractivity contribution in [3.05, 3.63) is 18.2 Å². The van der Waals surface area contributed by atoms with E-state index in [9.17, 15) is 4.79 Å². The van der Waals surface area contributed by atoms with Crippen LogP contribution in [0.2, 0.25) is 0 Å². The van der Waals surface area contributed by atoms with Crippen molar-refractivity contribution in [1.29, 1.82) is 0 Å². The second-order valence-electron chi connectivity index (χ2n) is 4.94. The van der Waals surface area contributed by atoms with Crippen molar-refractivity contribution in [1.82, 2.24) is 14.9 Å². The molecule has 0 aromatic carbocycles. The molecule has 0 amide bonds. The number of aliphatic carboxylic acids is 1. The SMILES string of the molecule is CCCn1ccnc1CNC(CC(C)C)C(=O)O. The lowest BCUT2D eigenvalue weighted by Crippen LogP contribution is -2.37. The van der Waals surface area contributed by atoms with Crippen molar-refractivity contribution < 1.29 is 9.90 Å². The van der Waals surface area contributed by atoms with Crippen molar-refractivity contribution in [2.24, 2.45) is 5.92 Å². The molecule has 1 unspecified atom stereocenters. The maximum atomic E-state index is 11.1. The Balaban J connectivity index is 2.55. The topological polar surface area (TPSA) is 67.2 Å². The Hall–Kier alpha value is -1.36. The van der Waals surface area contributed by atoms with E-state index in [0.29, 0.717) is 18.9 Å². The van der Waals surface area contributed by atoms with Gasteiger partial charge in [-0.05, 0) is 18.8 Å². The predicted octanol–water partition coefficient (Wildman–Crippen LogP) is 1.88. The van der Waals surface area contributed by atoms with Crippen molar-refractivity contribution in [2.45, 2.75) is 52.7 Å². The van der Waals surface area contributed by atoms with Crippen LogP contribution in [0.4, 0.5) is 0 Å². The van der Waals surface area contributed by atoms with Gasteiger partial charge < -0.3 is 9.67 Å². The molecule has 2 N–H and O–H groups in total. The highest BCUT2D eigenvalue weighted by molar-refractivity contribution is 5.73. The van der Waals surface area contributed by atoms with Gasteiger partial charge in [0.1, 0.15) is 11.9 Å². The minimum absolute atomic E-state index is 0.356. The number of rotatable bonds is 8. The maximum absolute atomic E-state index is 11.1. The number of nitrogens with one attached hydrogen (secondary N) is 1. The van der Waals surface area contributed by atoms with E-state index >= 15 is 0 Å². The van der Waals surface area contributed by atoms with Gasteiger partial charge in [0.15, 0.2) is 0 Å². The summed E-state index contributed by atoms with van der Waals surface area (Å²) in [7, 11) is 0. The third kappa shape index (κ3) is 4.49. The van der Waals surface area contributed by atoms with Crippen molar-refractivity contribution in [2.75, 3.05) is 0 Å². The van der Waals surface area contributed by atoms with E-state index in [1.165, 1.54) is 0 Å². The summed E-state index contributed by atoms with van der Waals surface area (Å²) in [4.78, 5) is 15.4. The molecule has 0 fully saturated rings. The molecule has 18 heavy (non-hydrogen) atoms. The van der Waals surface area contributed by atoms with Crippen LogP contribution in [0, 0.1) is 5.92 Å². The molecule has 102 valence electrons. The number of hydrogen-bond donors (Lipinski definition) is 2. The summed E-state index contributed by atoms with van der Waals surface area (Å²) in [5.74, 6) is 0.457. The number of imidazole rings is 1. The fraction of sp³-hybridized carbons (Fsp3) is 0.692. The van der Waals surface area contributed by atoms with Gasteiger partial charge in [0.2, 0.25) is 0 Å². The minimum atomic E-state index is -0.794. The van der Waals surface area contributed by atoms with E-state index in [-0.39, 0.29) is 0 Å². The molecule has 0 bridgehead atoms. The van der Waals surface area contributed by atoms with Crippen LogP contribution >= 0.6 is 0 Å². The van der Waals surface area contributed by atoms with Gasteiger partial charge in [0.05, 0.1) is 6.54 Å². The molecule has 1 atom stereocenters. The molecule has 0 radical (unpaired) electrons. The number of aromatic nitrogens is 2. The molecule has 0 spiro atoms. The van der Waals surface area contributed by atoms with E-state index in [4.69, 9.17) is 5.11 Å². The smallest absolute Gasteiger partial charge is 0.320 e. The van der Waals surface area contributed by atoms with Gasteiger partial charge in [-0.15, -0.1) is 0 Å². The highest BCUT2D eigenvalue weighted by atomic mass is 16.4. The Kier molecular flexibility index (Phi) is 5.85. The van der Waals surface area contributed by atoms with Crippen LogP contribution in [-0.4, -0.2) is 26.7 Å². The number of nitrogens with zero attached hydrogens (tertiary/aromatic N) is 2. The Morgan fingerprint density at radius 3 is 2.83 bits per heavy atom. The largest absolute Gasteiger partial charge is 0.480 e. The van der Waals surface area contributed by atoms with E-state index in [0.717, 1.165) is 18.8 Å². The zero-order valence-electron chi connectivity index (χ0n) is 11.4. The maximum Gasteiger partial charge on any atom is 0.320 e. The first-order chi connectivity index (χ1) is 8.54. The average molecular weight is 253 g/mol. The van der Waals surface area contributed by atoms with Gasteiger partial charge in [-0.3, -0.25) is 10.1 Å². The lowest BCUT2D eigenvalue weighted by atomic mass is 10.0. The molecule has 1 rings (SSSR count). The molecule has 0 aliphatic heterocycles. The van der Waals surface area contributed by atoms with Crippen LogP contribution < -0.4 is 5.32 Å². The van der Waals surface area contributed by atoms with E-state index < -0.39 is 12.0 Å². The second-order valence-corrected chi connectivity index (χ2v) is 4.94. The van der Waals surface area contributed by atoms with Gasteiger partial charge >= 0.3 is 5.97 Å². The summed E-state index contributed by atoms with van der Waals surface area (Å²) in [6, 6.07) is -0.503. The summed E-state index contributed by atoms with van der Waals surface area (Å²) >= 11 is 0. The first-order valence-electron chi connectivity index (χ1n) is 6.50. The van der Waals surface area contributed by atoms with Gasteiger partial charge in [-0.2, -0.15) is 0 Å². The van der Waals surface area contributed by atoms with E-state index in [1.807, 2.05) is 20.0 Å². The molecular weight excluding hydrogens is 230 g/mol. The fourth-order valence-electron chi connectivity index (χ4n) is 1.91. The van der Waals surface area contributed by atoms with E-state index in [1.54, 1.807) is 6.20 Å². The van der Waals surface area contributed by atoms with Crippen LogP contribution in [0.3, 0.4) is 0 Å². The summed E-state index contributed by atoms with van der Waals surface area (Å²) in [5, 5.41) is 12.2. The van der Waals surface area contributed by atoms with Crippen LogP contribution in [-0.2, 0) is 17.9 Å². The fourth-order valence-corrected chi connectivity index (χ4v) is 1.91. The molecule has 5 nitrogen and oxygen atoms in total. The number of aryl methyl sites for hydroxylation is 1. The van der Waals surface area contributed by atoms with Crippen molar-refractivity contribution in [3.8, 4) is 0 Å². The zero-order valence-corrected chi connectivity index (χ0v) is 11.4. The molecule has 0 saturated carbocycles. The lowest BCUT2D eigenvalue weighted by molar-refractivity contribution is -0.140. The highest BCUT2D eigenvalue weighted by Crippen LogP contribution is 2.06. The van der Waals surface area contributed by atoms with Gasteiger partial charge in [-0.1, -0.05) is 20.8 Å². The van der Waals surface area contributed by atoms with Gasteiger partial charge in [0.25, 0.3) is 0 Å². The highest BCUT2D eigenvalue weighted by Gasteiger charge is 2.18. The Bertz CT molecular complexity index is 374. The third-order valence-electron chi connectivity index (χ3n) is 2.78. The molecule has 1 aromatic rings. The molecular formula is C13H23N3O2. The Morgan fingerprint density at radius 1 is 1.56 bits per heavy atom. The number of hydrogen-bond acceptors (Lipinski definition) is 3. The van der Waals surface area contributed by atoms with Crippen LogP contribution in [0.1, 0.15) is 39.4 Å². The molecule has 5 heteroatoms. The van der Waals surface area contributed by atoms with Crippen LogP contribution in [0.5, 0.6) is 0 Å². The molecule has 0 aliphatic rings. The molecule has 1 aromatic heterocycles. The van der Waals surface area contributed by atoms with Gasteiger partial charge in [0, 0.05) is 18.9 Å². The van der Waals surface area contributed by atoms with E-state index in [2.05, 4.69) is 21.8 Å². The monoisotopic (exact) mass is 253 g/mol. The molecule has 0 aliphatic carbocycles. The predicted molar refractivity (Wildman–Crippen MR) is 70.2 cm³/mol. The summed E-state index contributed by atoms with van der Waals surface area (Å²) < 4.78 is 2.06. The first kappa shape index (κ1) is 14.7. The number of carboxylic acid groups (broad SMARTS) is 1. The van der Waals surface area contributed by atoms with Crippen LogP contribution in [0.15, 0.2) is 12.4 Å². The lowest BCUT2D eigenvalue weighted by Gasteiger charge is -2.16. The molecule has 1 heterocycles. The standard InChI is InChI=1S/C13H23N3O2/c1-4-6-16-7-5-14-12(16)9-15-11(13(17)18)8-10(2)3/h5,7,10-11,15H,4,6,8-9H2,1-3H3,(H,17,18).